The molecule has 2 amide bonds. The van der Waals surface area contributed by atoms with Crippen LogP contribution in [0.25, 0.3) is 0 Å². The van der Waals surface area contributed by atoms with Gasteiger partial charge in [0.15, 0.2) is 0 Å². The summed E-state index contributed by atoms with van der Waals surface area (Å²) in [6.45, 7) is 1.39. The molecule has 2 fully saturated rings. The third kappa shape index (κ3) is 2.51. The number of carbonyl (C=O) groups excluding carboxylic acids is 2. The fourth-order valence-corrected chi connectivity index (χ4v) is 4.32. The number of amides is 2. The third-order valence-corrected chi connectivity index (χ3v) is 5.84. The molecule has 4 rings (SSSR count). The third-order valence-electron chi connectivity index (χ3n) is 5.59. The van der Waals surface area contributed by atoms with E-state index in [1.807, 2.05) is 0 Å². The summed E-state index contributed by atoms with van der Waals surface area (Å²) in [5, 5.41) is 23.4. The summed E-state index contributed by atoms with van der Waals surface area (Å²) in [7, 11) is 0. The number of para-hydroxylation sites is 1. The second kappa shape index (κ2) is 6.32. The van der Waals surface area contributed by atoms with E-state index in [-0.39, 0.29) is 5.75 Å². The Morgan fingerprint density at radius 2 is 1.75 bits per heavy atom. The van der Waals surface area contributed by atoms with Crippen molar-refractivity contribution in [3.05, 3.63) is 59.1 Å². The Morgan fingerprint density at radius 3 is 2.36 bits per heavy atom. The molecule has 0 unspecified atom stereocenters. The first-order chi connectivity index (χ1) is 13.3. The molecule has 0 radical (unpaired) electrons. The highest BCUT2D eigenvalue weighted by atomic mass is 35.5. The summed E-state index contributed by atoms with van der Waals surface area (Å²) >= 11 is 5.89. The van der Waals surface area contributed by atoms with Crippen molar-refractivity contribution in [2.24, 2.45) is 11.8 Å². The van der Waals surface area contributed by atoms with Gasteiger partial charge in [-0.1, -0.05) is 29.8 Å². The summed E-state index contributed by atoms with van der Waals surface area (Å²) in [5.74, 6) is -4.48. The van der Waals surface area contributed by atoms with Crippen LogP contribution in [0.15, 0.2) is 48.5 Å². The molecular weight excluding hydrogens is 384 g/mol. The minimum Gasteiger partial charge on any atom is -0.508 e. The number of rotatable bonds is 3. The number of anilines is 1. The van der Waals surface area contributed by atoms with Crippen LogP contribution in [0.3, 0.4) is 0 Å². The molecule has 0 saturated carbocycles. The Kier molecular flexibility index (Phi) is 4.17. The van der Waals surface area contributed by atoms with Crippen molar-refractivity contribution < 1.29 is 24.6 Å². The zero-order chi connectivity index (χ0) is 20.2. The van der Waals surface area contributed by atoms with Crippen LogP contribution in [-0.4, -0.2) is 33.5 Å². The lowest BCUT2D eigenvalue weighted by Gasteiger charge is -2.27. The van der Waals surface area contributed by atoms with Crippen LogP contribution in [0.4, 0.5) is 5.69 Å². The quantitative estimate of drug-likeness (QED) is 0.683. The first kappa shape index (κ1) is 18.5. The minimum atomic E-state index is -1.66. The number of nitrogens with one attached hydrogen (secondary N) is 1. The Morgan fingerprint density at radius 1 is 1.11 bits per heavy atom. The first-order valence-electron chi connectivity index (χ1n) is 8.68. The average Bonchev–Trinajstić information content (AvgIpc) is 3.11. The molecule has 4 atom stereocenters. The molecule has 0 spiro atoms. The number of carboxylic acids is 1. The van der Waals surface area contributed by atoms with Crippen LogP contribution in [0.2, 0.25) is 5.02 Å². The van der Waals surface area contributed by atoms with Crippen molar-refractivity contribution in [2.45, 2.75) is 18.5 Å². The topological polar surface area (TPSA) is 107 Å². The molecule has 2 saturated heterocycles. The van der Waals surface area contributed by atoms with Gasteiger partial charge in [0.25, 0.3) is 0 Å². The number of phenols is 1. The lowest BCUT2D eigenvalue weighted by molar-refractivity contribution is -0.147. The summed E-state index contributed by atoms with van der Waals surface area (Å²) in [6.07, 6.45) is 0. The number of halogens is 1. The molecule has 7 nitrogen and oxygen atoms in total. The maximum atomic E-state index is 13.2. The van der Waals surface area contributed by atoms with Gasteiger partial charge in [0.1, 0.15) is 11.3 Å². The zero-order valence-electron chi connectivity index (χ0n) is 14.8. The molecule has 144 valence electrons. The number of hydrogen-bond donors (Lipinski definition) is 3. The molecule has 8 heteroatoms. The smallest absolute Gasteiger partial charge is 0.324 e. The Balaban J connectivity index is 1.84. The number of nitrogens with zero attached hydrogens (tertiary/aromatic N) is 1. The van der Waals surface area contributed by atoms with Gasteiger partial charge >= 0.3 is 5.97 Å². The van der Waals surface area contributed by atoms with E-state index in [2.05, 4.69) is 5.32 Å². The number of fused-ring (bicyclic) bond motifs is 1. The summed E-state index contributed by atoms with van der Waals surface area (Å²) in [6, 6.07) is 11.8. The predicted octanol–water partition coefficient (Wildman–Crippen LogP) is 2.34. The maximum absolute atomic E-state index is 13.2. The lowest BCUT2D eigenvalue weighted by atomic mass is 9.80. The number of aliphatic carboxylic acids is 1. The van der Waals surface area contributed by atoms with E-state index in [0.717, 1.165) is 4.90 Å². The van der Waals surface area contributed by atoms with E-state index in [1.54, 1.807) is 42.5 Å². The van der Waals surface area contributed by atoms with Gasteiger partial charge in [-0.05, 0) is 37.3 Å². The van der Waals surface area contributed by atoms with E-state index >= 15 is 0 Å². The maximum Gasteiger partial charge on any atom is 0.324 e. The fourth-order valence-electron chi connectivity index (χ4n) is 4.20. The molecule has 0 aromatic heterocycles. The highest BCUT2D eigenvalue weighted by Gasteiger charge is 2.67. The normalized spacial score (nSPS) is 29.2. The van der Waals surface area contributed by atoms with E-state index in [9.17, 15) is 24.6 Å². The number of aromatic hydroxyl groups is 1. The molecule has 0 bridgehead atoms. The van der Waals surface area contributed by atoms with Gasteiger partial charge in [0.05, 0.1) is 17.5 Å². The molecule has 2 aliphatic heterocycles. The number of imide groups is 1. The second-order valence-corrected chi connectivity index (χ2v) is 7.62. The summed E-state index contributed by atoms with van der Waals surface area (Å²) in [4.78, 5) is 39.5. The number of hydrogen-bond acceptors (Lipinski definition) is 5. The van der Waals surface area contributed by atoms with E-state index < -0.39 is 41.2 Å². The van der Waals surface area contributed by atoms with Crippen LogP contribution in [0.5, 0.6) is 5.75 Å². The summed E-state index contributed by atoms with van der Waals surface area (Å²) < 4.78 is 0. The fraction of sp³-hybridized carbons (Fsp3) is 0.250. The van der Waals surface area contributed by atoms with Crippen molar-refractivity contribution >= 4 is 35.1 Å². The Hall–Kier alpha value is -2.90. The standard InChI is InChI=1S/C20H17ClN2O5/c1-20(19(27)28)15-14(16(22-20)12-4-2-3-5-13(12)24)17(25)23(18(15)26)11-8-6-10(21)7-9-11/h2-9,14-16,22,24H,1H3,(H,27,28)/t14-,15-,16-,20+/m1/s1. The molecule has 2 aromatic rings. The SMILES string of the molecule is C[C@]1(C(=O)O)N[C@H](c2ccccc2O)[C@@H]2C(=O)N(c3ccc(Cl)cc3)C(=O)[C@@H]21. The van der Waals surface area contributed by atoms with Crippen molar-refractivity contribution in [1.29, 1.82) is 0 Å². The van der Waals surface area contributed by atoms with Crippen molar-refractivity contribution in [3.8, 4) is 5.75 Å². The monoisotopic (exact) mass is 400 g/mol. The van der Waals surface area contributed by atoms with Crippen LogP contribution in [0, 0.1) is 11.8 Å². The van der Waals surface area contributed by atoms with Crippen molar-refractivity contribution in [3.63, 3.8) is 0 Å². The molecule has 28 heavy (non-hydrogen) atoms. The molecule has 2 aliphatic rings. The molecule has 2 heterocycles. The van der Waals surface area contributed by atoms with E-state index in [1.165, 1.54) is 13.0 Å². The van der Waals surface area contributed by atoms with Gasteiger partial charge in [-0.2, -0.15) is 0 Å². The Bertz CT molecular complexity index is 992. The molecule has 0 aliphatic carbocycles. The van der Waals surface area contributed by atoms with Crippen LogP contribution in [0.1, 0.15) is 18.5 Å². The van der Waals surface area contributed by atoms with Gasteiger partial charge in [0, 0.05) is 16.6 Å². The second-order valence-electron chi connectivity index (χ2n) is 7.18. The predicted molar refractivity (Wildman–Crippen MR) is 101 cm³/mol. The first-order valence-corrected chi connectivity index (χ1v) is 9.06. The van der Waals surface area contributed by atoms with Gasteiger partial charge in [-0.3, -0.25) is 19.7 Å². The van der Waals surface area contributed by atoms with Crippen molar-refractivity contribution in [2.75, 3.05) is 4.90 Å². The van der Waals surface area contributed by atoms with Gasteiger partial charge in [-0.25, -0.2) is 4.90 Å². The van der Waals surface area contributed by atoms with E-state index in [4.69, 9.17) is 11.6 Å². The van der Waals surface area contributed by atoms with Crippen molar-refractivity contribution in [1.82, 2.24) is 5.32 Å². The number of benzene rings is 2. The highest BCUT2D eigenvalue weighted by Crippen LogP contribution is 2.50. The highest BCUT2D eigenvalue weighted by molar-refractivity contribution is 6.31. The molecule has 3 N–H and O–H groups in total. The number of carboxylic acid groups (broad SMARTS) is 1. The Labute approximate surface area is 165 Å². The zero-order valence-corrected chi connectivity index (χ0v) is 15.6. The van der Waals surface area contributed by atoms with Gasteiger partial charge in [0.2, 0.25) is 11.8 Å². The largest absolute Gasteiger partial charge is 0.508 e. The van der Waals surface area contributed by atoms with Gasteiger partial charge < -0.3 is 10.2 Å². The van der Waals surface area contributed by atoms with Crippen LogP contribution >= 0.6 is 11.6 Å². The van der Waals surface area contributed by atoms with Crippen LogP contribution < -0.4 is 10.2 Å². The van der Waals surface area contributed by atoms with Gasteiger partial charge in [-0.15, -0.1) is 0 Å². The van der Waals surface area contributed by atoms with E-state index in [0.29, 0.717) is 16.3 Å². The molecular formula is C20H17ClN2O5. The molecule has 2 aromatic carbocycles. The number of phenolic OH excluding ortho intramolecular Hbond substituents is 1. The average molecular weight is 401 g/mol. The lowest BCUT2D eigenvalue weighted by Crippen LogP contribution is -2.53. The van der Waals surface area contributed by atoms with Crippen LogP contribution in [-0.2, 0) is 14.4 Å². The number of carbonyl (C=O) groups is 3. The minimum absolute atomic E-state index is 0.0708. The summed E-state index contributed by atoms with van der Waals surface area (Å²) in [5.41, 5.74) is -0.954.